The van der Waals surface area contributed by atoms with Crippen LogP contribution in [0.2, 0.25) is 0 Å². The van der Waals surface area contributed by atoms with E-state index in [9.17, 15) is 9.70 Å². The Bertz CT molecular complexity index is 571. The van der Waals surface area contributed by atoms with Crippen LogP contribution in [0.1, 0.15) is 29.6 Å². The summed E-state index contributed by atoms with van der Waals surface area (Å²) in [6.45, 7) is 0.671. The highest BCUT2D eigenvalue weighted by Gasteiger charge is 2.41. The third-order valence-electron chi connectivity index (χ3n) is 3.60. The van der Waals surface area contributed by atoms with E-state index in [-0.39, 0.29) is 11.1 Å². The highest BCUT2D eigenvalue weighted by molar-refractivity contribution is 5.91. The summed E-state index contributed by atoms with van der Waals surface area (Å²) in [6, 6.07) is 4.60. The molecule has 5 heteroatoms. The Morgan fingerprint density at radius 3 is 2.85 bits per heavy atom. The van der Waals surface area contributed by atoms with Crippen LogP contribution in [-0.2, 0) is 4.74 Å². The minimum Gasteiger partial charge on any atom is -0.465 e. The van der Waals surface area contributed by atoms with Gasteiger partial charge in [0.05, 0.1) is 18.4 Å². The molecule has 0 unspecified atom stereocenters. The fraction of sp³-hybridized carbons (Fsp3) is 0.400. The smallest absolute Gasteiger partial charge is 0.337 e. The molecule has 1 aliphatic rings. The molecule has 1 aromatic rings. The predicted molar refractivity (Wildman–Crippen MR) is 76.8 cm³/mol. The monoisotopic (exact) mass is 272 g/mol. The number of nitrogens with one attached hydrogen (secondary N) is 1. The predicted octanol–water partition coefficient (Wildman–Crippen LogP) is 3.09. The molecule has 1 aliphatic carbocycles. The second kappa shape index (κ2) is 5.74. The Balaban J connectivity index is 2.15. The van der Waals surface area contributed by atoms with Crippen LogP contribution in [0.3, 0.4) is 0 Å². The summed E-state index contributed by atoms with van der Waals surface area (Å²) in [5, 5.41) is 6.13. The van der Waals surface area contributed by atoms with Gasteiger partial charge in [-0.15, -0.1) is 17.3 Å². The second-order valence-electron chi connectivity index (χ2n) is 5.05. The number of esters is 1. The van der Waals surface area contributed by atoms with Gasteiger partial charge in [-0.05, 0) is 41.6 Å². The molecule has 104 valence electrons. The van der Waals surface area contributed by atoms with Crippen LogP contribution in [0.5, 0.6) is 0 Å². The number of terminal acetylenes is 1. The number of ether oxygens (including phenoxy) is 1. The zero-order valence-electron chi connectivity index (χ0n) is 11.3. The molecule has 1 N–H and O–H groups in total. The zero-order chi connectivity index (χ0) is 14.6. The van der Waals surface area contributed by atoms with Gasteiger partial charge in [0.2, 0.25) is 0 Å². The first-order chi connectivity index (χ1) is 9.64. The SMILES string of the molecule is C#CCC1(CNc2cc(C(=O)OC)ccc2N=O)CC1. The topological polar surface area (TPSA) is 67.8 Å². The number of benzene rings is 1. The van der Waals surface area contributed by atoms with Crippen LogP contribution in [0.25, 0.3) is 0 Å². The van der Waals surface area contributed by atoms with E-state index in [1.165, 1.54) is 19.2 Å². The number of anilines is 1. The number of nitroso groups, excluding NO2 is 1. The molecule has 0 bridgehead atoms. The van der Waals surface area contributed by atoms with E-state index >= 15 is 0 Å². The van der Waals surface area contributed by atoms with E-state index in [2.05, 4.69) is 21.2 Å². The van der Waals surface area contributed by atoms with Crippen molar-refractivity contribution in [2.75, 3.05) is 19.0 Å². The van der Waals surface area contributed by atoms with Crippen molar-refractivity contribution in [2.45, 2.75) is 19.3 Å². The van der Waals surface area contributed by atoms with Crippen LogP contribution in [-0.4, -0.2) is 19.6 Å². The third kappa shape index (κ3) is 2.97. The maximum atomic E-state index is 11.5. The van der Waals surface area contributed by atoms with E-state index in [0.717, 1.165) is 12.8 Å². The molecule has 5 nitrogen and oxygen atoms in total. The lowest BCUT2D eigenvalue weighted by atomic mass is 10.0. The zero-order valence-corrected chi connectivity index (χ0v) is 11.3. The molecular formula is C15H16N2O3. The molecule has 0 aromatic heterocycles. The lowest BCUT2D eigenvalue weighted by molar-refractivity contribution is 0.0601. The summed E-state index contributed by atoms with van der Waals surface area (Å²) in [6.07, 6.45) is 8.21. The summed E-state index contributed by atoms with van der Waals surface area (Å²) in [7, 11) is 1.31. The maximum absolute atomic E-state index is 11.5. The molecule has 0 amide bonds. The van der Waals surface area contributed by atoms with Crippen LogP contribution < -0.4 is 5.32 Å². The van der Waals surface area contributed by atoms with Gasteiger partial charge in [0, 0.05) is 13.0 Å². The van der Waals surface area contributed by atoms with Gasteiger partial charge in [0.15, 0.2) is 0 Å². The van der Waals surface area contributed by atoms with Gasteiger partial charge in [-0.1, -0.05) is 0 Å². The van der Waals surface area contributed by atoms with Crippen molar-refractivity contribution in [3.05, 3.63) is 28.7 Å². The number of hydrogen-bond acceptors (Lipinski definition) is 5. The number of rotatable bonds is 6. The van der Waals surface area contributed by atoms with Crippen molar-refractivity contribution in [2.24, 2.45) is 10.6 Å². The van der Waals surface area contributed by atoms with Gasteiger partial charge >= 0.3 is 5.97 Å². The van der Waals surface area contributed by atoms with Crippen molar-refractivity contribution in [1.82, 2.24) is 0 Å². The fourth-order valence-electron chi connectivity index (χ4n) is 2.09. The van der Waals surface area contributed by atoms with Crippen molar-refractivity contribution >= 4 is 17.3 Å². The molecule has 0 spiro atoms. The van der Waals surface area contributed by atoms with Crippen molar-refractivity contribution in [1.29, 1.82) is 0 Å². The average Bonchev–Trinajstić information content (AvgIpc) is 3.24. The molecule has 0 atom stereocenters. The minimum atomic E-state index is -0.449. The average molecular weight is 272 g/mol. The molecule has 0 heterocycles. The Morgan fingerprint density at radius 1 is 1.55 bits per heavy atom. The first-order valence-corrected chi connectivity index (χ1v) is 6.37. The van der Waals surface area contributed by atoms with Crippen LogP contribution in [0.15, 0.2) is 23.4 Å². The summed E-state index contributed by atoms with van der Waals surface area (Å²) >= 11 is 0. The first kappa shape index (κ1) is 14.1. The van der Waals surface area contributed by atoms with E-state index in [1.54, 1.807) is 6.07 Å². The molecule has 0 aliphatic heterocycles. The highest BCUT2D eigenvalue weighted by Crippen LogP contribution is 2.48. The number of nitrogens with zero attached hydrogens (tertiary/aromatic N) is 1. The number of carbonyl (C=O) groups excluding carboxylic acids is 1. The van der Waals surface area contributed by atoms with Crippen LogP contribution >= 0.6 is 0 Å². The Labute approximate surface area is 117 Å². The van der Waals surface area contributed by atoms with Crippen molar-refractivity contribution in [3.8, 4) is 12.3 Å². The third-order valence-corrected chi connectivity index (χ3v) is 3.60. The standard InChI is InChI=1S/C15H16N2O3/c1-3-6-15(7-8-15)10-16-13-9-11(14(18)20-2)4-5-12(13)17-19/h1,4-5,9,16H,6-8,10H2,2H3. The molecule has 1 saturated carbocycles. The van der Waals surface area contributed by atoms with Gasteiger partial charge in [0.1, 0.15) is 5.69 Å². The molecule has 0 saturated heterocycles. The molecular weight excluding hydrogens is 256 g/mol. The maximum Gasteiger partial charge on any atom is 0.337 e. The Hall–Kier alpha value is -2.35. The number of carbonyl (C=O) groups is 1. The Morgan fingerprint density at radius 2 is 2.30 bits per heavy atom. The largest absolute Gasteiger partial charge is 0.465 e. The first-order valence-electron chi connectivity index (χ1n) is 6.37. The summed E-state index contributed by atoms with van der Waals surface area (Å²) in [5.41, 5.74) is 1.31. The molecule has 1 fully saturated rings. The normalized spacial score (nSPS) is 15.0. The van der Waals surface area contributed by atoms with Gasteiger partial charge in [-0.3, -0.25) is 0 Å². The summed E-state index contributed by atoms with van der Waals surface area (Å²) in [5.74, 6) is 2.23. The van der Waals surface area contributed by atoms with Gasteiger partial charge in [-0.25, -0.2) is 4.79 Å². The minimum absolute atomic E-state index is 0.121. The van der Waals surface area contributed by atoms with Crippen LogP contribution in [0, 0.1) is 22.7 Å². The fourth-order valence-corrected chi connectivity index (χ4v) is 2.09. The number of methoxy groups -OCH3 is 1. The van der Waals surface area contributed by atoms with E-state index in [0.29, 0.717) is 24.2 Å². The Kier molecular flexibility index (Phi) is 4.04. The van der Waals surface area contributed by atoms with Crippen molar-refractivity contribution < 1.29 is 9.53 Å². The van der Waals surface area contributed by atoms with Crippen molar-refractivity contribution in [3.63, 3.8) is 0 Å². The van der Waals surface area contributed by atoms with Crippen LogP contribution in [0.4, 0.5) is 11.4 Å². The second-order valence-corrected chi connectivity index (χ2v) is 5.05. The molecule has 0 radical (unpaired) electrons. The highest BCUT2D eigenvalue weighted by atomic mass is 16.5. The van der Waals surface area contributed by atoms with Gasteiger partial charge < -0.3 is 10.1 Å². The lowest BCUT2D eigenvalue weighted by Crippen LogP contribution is -2.15. The summed E-state index contributed by atoms with van der Waals surface area (Å²) in [4.78, 5) is 22.3. The van der Waals surface area contributed by atoms with Gasteiger partial charge in [0.25, 0.3) is 0 Å². The van der Waals surface area contributed by atoms with E-state index < -0.39 is 5.97 Å². The molecule has 20 heavy (non-hydrogen) atoms. The number of hydrogen-bond donors (Lipinski definition) is 1. The van der Waals surface area contributed by atoms with E-state index in [1.807, 2.05) is 0 Å². The van der Waals surface area contributed by atoms with E-state index in [4.69, 9.17) is 6.42 Å². The molecule has 2 rings (SSSR count). The quantitative estimate of drug-likeness (QED) is 0.491. The molecule has 1 aromatic carbocycles. The summed E-state index contributed by atoms with van der Waals surface area (Å²) < 4.78 is 4.66. The van der Waals surface area contributed by atoms with Gasteiger partial charge in [-0.2, -0.15) is 0 Å². The lowest BCUT2D eigenvalue weighted by Gasteiger charge is -2.15.